The lowest BCUT2D eigenvalue weighted by Gasteiger charge is -2.42. The zero-order valence-corrected chi connectivity index (χ0v) is 22.4. The Bertz CT molecular complexity index is 1300. The Labute approximate surface area is 225 Å². The van der Waals surface area contributed by atoms with E-state index in [0.29, 0.717) is 17.5 Å². The molecule has 2 heterocycles. The van der Waals surface area contributed by atoms with Crippen molar-refractivity contribution in [2.75, 3.05) is 18.0 Å². The van der Waals surface area contributed by atoms with E-state index in [0.717, 1.165) is 65.3 Å². The highest BCUT2D eigenvalue weighted by atomic mass is 16.4. The molecule has 38 heavy (non-hydrogen) atoms. The van der Waals surface area contributed by atoms with Gasteiger partial charge in [-0.1, -0.05) is 55.3 Å². The van der Waals surface area contributed by atoms with E-state index in [1.807, 2.05) is 68.4 Å². The molecular formula is C32H37N3O3. The average Bonchev–Trinajstić information content (AvgIpc) is 3.37. The second-order valence-electron chi connectivity index (χ2n) is 11.0. The molecule has 2 N–H and O–H groups in total. The molecule has 1 saturated heterocycles. The maximum atomic E-state index is 12.8. The number of rotatable bonds is 7. The molecule has 1 aliphatic heterocycles. The minimum Gasteiger partial charge on any atom is -0.481 e. The van der Waals surface area contributed by atoms with E-state index in [4.69, 9.17) is 4.98 Å². The summed E-state index contributed by atoms with van der Waals surface area (Å²) in [5.74, 6) is -0.968. The van der Waals surface area contributed by atoms with Crippen molar-refractivity contribution in [1.29, 1.82) is 0 Å². The molecule has 1 aromatic heterocycles. The van der Waals surface area contributed by atoms with Crippen molar-refractivity contribution in [1.82, 2.24) is 10.3 Å². The van der Waals surface area contributed by atoms with Gasteiger partial charge in [-0.05, 0) is 68.2 Å². The number of aliphatic carboxylic acids is 1. The number of carbonyl (C=O) groups is 2. The molecule has 6 heteroatoms. The van der Waals surface area contributed by atoms with E-state index >= 15 is 0 Å². The van der Waals surface area contributed by atoms with Crippen LogP contribution >= 0.6 is 0 Å². The van der Waals surface area contributed by atoms with Crippen molar-refractivity contribution in [3.63, 3.8) is 0 Å². The Morgan fingerprint density at radius 2 is 1.58 bits per heavy atom. The number of aromatic nitrogens is 1. The Kier molecular flexibility index (Phi) is 7.50. The molecule has 2 aromatic carbocycles. The number of nitrogens with zero attached hydrogens (tertiary/aromatic N) is 2. The molecule has 3 aromatic rings. The van der Waals surface area contributed by atoms with E-state index in [1.165, 1.54) is 25.7 Å². The molecule has 0 atom stereocenters. The van der Waals surface area contributed by atoms with Gasteiger partial charge in [-0.3, -0.25) is 14.6 Å². The van der Waals surface area contributed by atoms with Crippen LogP contribution in [0, 0.1) is 19.3 Å². The lowest BCUT2D eigenvalue weighted by Crippen LogP contribution is -2.40. The van der Waals surface area contributed by atoms with Crippen LogP contribution in [0.2, 0.25) is 0 Å². The summed E-state index contributed by atoms with van der Waals surface area (Å²) >= 11 is 0. The SMILES string of the molecule is Cc1nc(C)c(-c2ccc(C(=O)NCc3ccccc3)cc2)c(N2CCC3(CCCC3)CC2)c1CC(=O)O. The number of piperidine rings is 1. The number of benzene rings is 2. The monoisotopic (exact) mass is 511 g/mol. The first-order valence-corrected chi connectivity index (χ1v) is 13.7. The number of hydrogen-bond donors (Lipinski definition) is 2. The summed E-state index contributed by atoms with van der Waals surface area (Å²) in [6.07, 6.45) is 7.54. The van der Waals surface area contributed by atoms with Gasteiger partial charge in [0, 0.05) is 47.7 Å². The van der Waals surface area contributed by atoms with Gasteiger partial charge >= 0.3 is 5.97 Å². The quantitative estimate of drug-likeness (QED) is 0.402. The Morgan fingerprint density at radius 3 is 2.21 bits per heavy atom. The van der Waals surface area contributed by atoms with E-state index in [2.05, 4.69) is 10.2 Å². The van der Waals surface area contributed by atoms with E-state index in [1.54, 1.807) is 0 Å². The zero-order chi connectivity index (χ0) is 26.7. The molecule has 6 nitrogen and oxygen atoms in total. The van der Waals surface area contributed by atoms with Crippen molar-refractivity contribution >= 4 is 17.6 Å². The van der Waals surface area contributed by atoms with Gasteiger partial charge in [-0.2, -0.15) is 0 Å². The molecule has 0 bridgehead atoms. The summed E-state index contributed by atoms with van der Waals surface area (Å²) in [7, 11) is 0. The summed E-state index contributed by atoms with van der Waals surface area (Å²) in [5, 5.41) is 12.7. The van der Waals surface area contributed by atoms with Crippen LogP contribution < -0.4 is 10.2 Å². The summed E-state index contributed by atoms with van der Waals surface area (Å²) in [5.41, 5.74) is 7.51. The molecule has 0 unspecified atom stereocenters. The standard InChI is InChI=1S/C32H37N3O3/c1-22-27(20-28(36)37)30(35-18-16-32(17-19-35)14-6-7-15-32)29(23(2)34-22)25-10-12-26(13-11-25)31(38)33-21-24-8-4-3-5-9-24/h3-5,8-13H,6-7,14-21H2,1-2H3,(H,33,38)(H,36,37). The topological polar surface area (TPSA) is 82.5 Å². The fourth-order valence-corrected chi connectivity index (χ4v) is 6.42. The fraction of sp³-hybridized carbons (Fsp3) is 0.406. The summed E-state index contributed by atoms with van der Waals surface area (Å²) in [6, 6.07) is 17.5. The number of carboxylic acid groups (broad SMARTS) is 1. The summed E-state index contributed by atoms with van der Waals surface area (Å²) < 4.78 is 0. The summed E-state index contributed by atoms with van der Waals surface area (Å²) in [4.78, 5) is 31.9. The smallest absolute Gasteiger partial charge is 0.307 e. The highest BCUT2D eigenvalue weighted by Crippen LogP contribution is 2.48. The lowest BCUT2D eigenvalue weighted by atomic mass is 9.76. The number of carboxylic acids is 1. The van der Waals surface area contributed by atoms with Crippen LogP contribution in [0.4, 0.5) is 5.69 Å². The minimum absolute atomic E-state index is 0.0525. The number of anilines is 1. The van der Waals surface area contributed by atoms with Crippen LogP contribution in [0.1, 0.15) is 71.4 Å². The second kappa shape index (κ2) is 11.0. The third-order valence-electron chi connectivity index (χ3n) is 8.52. The van der Waals surface area contributed by atoms with Crippen LogP contribution in [-0.4, -0.2) is 35.1 Å². The first-order valence-electron chi connectivity index (χ1n) is 13.7. The predicted molar refractivity (Wildman–Crippen MR) is 150 cm³/mol. The minimum atomic E-state index is -0.847. The van der Waals surface area contributed by atoms with Crippen molar-refractivity contribution in [3.05, 3.63) is 82.7 Å². The molecule has 198 valence electrons. The molecular weight excluding hydrogens is 474 g/mol. The highest BCUT2D eigenvalue weighted by molar-refractivity contribution is 5.95. The first-order chi connectivity index (χ1) is 18.3. The van der Waals surface area contributed by atoms with Gasteiger partial charge in [-0.25, -0.2) is 0 Å². The summed E-state index contributed by atoms with van der Waals surface area (Å²) in [6.45, 7) is 6.26. The van der Waals surface area contributed by atoms with Crippen LogP contribution in [-0.2, 0) is 17.8 Å². The molecule has 2 fully saturated rings. The lowest BCUT2D eigenvalue weighted by molar-refractivity contribution is -0.136. The number of pyridine rings is 1. The van der Waals surface area contributed by atoms with Gasteiger partial charge in [0.15, 0.2) is 0 Å². The molecule has 5 rings (SSSR count). The predicted octanol–water partition coefficient (Wildman–Crippen LogP) is 6.08. The van der Waals surface area contributed by atoms with Crippen LogP contribution in [0.5, 0.6) is 0 Å². The largest absolute Gasteiger partial charge is 0.481 e. The van der Waals surface area contributed by atoms with Crippen molar-refractivity contribution in [2.24, 2.45) is 5.41 Å². The highest BCUT2D eigenvalue weighted by Gasteiger charge is 2.38. The Hall–Kier alpha value is -3.67. The van der Waals surface area contributed by atoms with E-state index in [-0.39, 0.29) is 12.3 Å². The second-order valence-corrected chi connectivity index (χ2v) is 11.0. The number of aryl methyl sites for hydroxylation is 2. The van der Waals surface area contributed by atoms with Gasteiger partial charge in [0.05, 0.1) is 12.1 Å². The van der Waals surface area contributed by atoms with Crippen molar-refractivity contribution < 1.29 is 14.7 Å². The number of nitrogens with one attached hydrogen (secondary N) is 1. The van der Waals surface area contributed by atoms with Crippen molar-refractivity contribution in [3.8, 4) is 11.1 Å². The van der Waals surface area contributed by atoms with Crippen LogP contribution in [0.15, 0.2) is 54.6 Å². The maximum absolute atomic E-state index is 12.8. The third kappa shape index (κ3) is 5.45. The zero-order valence-electron chi connectivity index (χ0n) is 22.4. The fourth-order valence-electron chi connectivity index (χ4n) is 6.42. The normalized spacial score (nSPS) is 16.5. The van der Waals surface area contributed by atoms with Gasteiger partial charge in [0.25, 0.3) is 5.91 Å². The number of carbonyl (C=O) groups excluding carboxylic acids is 1. The Morgan fingerprint density at radius 1 is 0.921 bits per heavy atom. The Balaban J connectivity index is 1.45. The molecule has 1 aliphatic carbocycles. The van der Waals surface area contributed by atoms with Gasteiger partial charge in [0.2, 0.25) is 0 Å². The molecule has 1 amide bonds. The average molecular weight is 512 g/mol. The van der Waals surface area contributed by atoms with E-state index in [9.17, 15) is 14.7 Å². The van der Waals surface area contributed by atoms with Gasteiger partial charge in [-0.15, -0.1) is 0 Å². The maximum Gasteiger partial charge on any atom is 0.307 e. The molecule has 1 saturated carbocycles. The van der Waals surface area contributed by atoms with Crippen molar-refractivity contribution in [2.45, 2.75) is 65.3 Å². The van der Waals surface area contributed by atoms with Gasteiger partial charge in [0.1, 0.15) is 0 Å². The third-order valence-corrected chi connectivity index (χ3v) is 8.52. The first kappa shape index (κ1) is 26.0. The van der Waals surface area contributed by atoms with E-state index < -0.39 is 5.97 Å². The molecule has 0 radical (unpaired) electrons. The van der Waals surface area contributed by atoms with Crippen LogP contribution in [0.25, 0.3) is 11.1 Å². The van der Waals surface area contributed by atoms with Crippen LogP contribution in [0.3, 0.4) is 0 Å². The molecule has 1 spiro atoms. The number of amides is 1. The molecule has 2 aliphatic rings. The number of hydrogen-bond acceptors (Lipinski definition) is 4. The van der Waals surface area contributed by atoms with Gasteiger partial charge < -0.3 is 15.3 Å².